The Balaban J connectivity index is 2.13. The first-order chi connectivity index (χ1) is 11.6. The van der Waals surface area contributed by atoms with E-state index in [9.17, 15) is 9.59 Å². The topological polar surface area (TPSA) is 81.4 Å². The predicted molar refractivity (Wildman–Crippen MR) is 96.2 cm³/mol. The molecule has 1 saturated heterocycles. The standard InChI is InChI=1S/C18H27N5O2/c1-18(2,3)23-11-13(10-19)9-15(23)20-16(24)14-7-6-8-22(12-14)17(25)21(4)5/h9,11,14H,6-8,12H2,1-5H3,(H,20,24)/t14-/m1/s1. The molecule has 25 heavy (non-hydrogen) atoms. The van der Waals surface area contributed by atoms with Crippen LogP contribution in [0.3, 0.4) is 0 Å². The number of carbonyl (C=O) groups is 2. The third kappa shape index (κ3) is 4.32. The lowest BCUT2D eigenvalue weighted by molar-refractivity contribution is -0.121. The third-order valence-electron chi connectivity index (χ3n) is 4.37. The van der Waals surface area contributed by atoms with Crippen molar-refractivity contribution in [2.45, 2.75) is 39.2 Å². The molecule has 1 fully saturated rings. The van der Waals surface area contributed by atoms with Crippen molar-refractivity contribution in [1.82, 2.24) is 14.4 Å². The van der Waals surface area contributed by atoms with E-state index in [1.165, 1.54) is 4.90 Å². The Hall–Kier alpha value is -2.49. The molecule has 0 aliphatic carbocycles. The van der Waals surface area contributed by atoms with Gasteiger partial charge >= 0.3 is 6.03 Å². The summed E-state index contributed by atoms with van der Waals surface area (Å²) in [5, 5.41) is 12.1. The van der Waals surface area contributed by atoms with Crippen LogP contribution in [0.1, 0.15) is 39.2 Å². The lowest BCUT2D eigenvalue weighted by atomic mass is 9.97. The summed E-state index contributed by atoms with van der Waals surface area (Å²) < 4.78 is 1.90. The van der Waals surface area contributed by atoms with Crippen molar-refractivity contribution in [2.24, 2.45) is 5.92 Å². The summed E-state index contributed by atoms with van der Waals surface area (Å²) >= 11 is 0. The highest BCUT2D eigenvalue weighted by Gasteiger charge is 2.30. The van der Waals surface area contributed by atoms with Gasteiger partial charge in [-0.1, -0.05) is 0 Å². The van der Waals surface area contributed by atoms with Crippen LogP contribution in [0, 0.1) is 17.2 Å². The molecule has 7 heteroatoms. The average molecular weight is 345 g/mol. The largest absolute Gasteiger partial charge is 0.331 e. The zero-order chi connectivity index (χ0) is 18.8. The summed E-state index contributed by atoms with van der Waals surface area (Å²) in [5.74, 6) is 0.265. The zero-order valence-electron chi connectivity index (χ0n) is 15.7. The Morgan fingerprint density at radius 2 is 2.04 bits per heavy atom. The Labute approximate surface area is 149 Å². The van der Waals surface area contributed by atoms with Gasteiger partial charge in [-0.3, -0.25) is 4.79 Å². The molecule has 1 aromatic rings. The van der Waals surface area contributed by atoms with Crippen molar-refractivity contribution in [3.8, 4) is 6.07 Å². The van der Waals surface area contributed by atoms with Crippen LogP contribution >= 0.6 is 0 Å². The minimum atomic E-state index is -0.253. The maximum absolute atomic E-state index is 12.7. The first-order valence-corrected chi connectivity index (χ1v) is 8.53. The molecule has 2 rings (SSSR count). The Kier molecular flexibility index (Phi) is 5.41. The van der Waals surface area contributed by atoms with Gasteiger partial charge in [0.05, 0.1) is 11.5 Å². The molecule has 0 radical (unpaired) electrons. The van der Waals surface area contributed by atoms with E-state index in [0.29, 0.717) is 24.5 Å². The normalized spacial score (nSPS) is 17.8. The average Bonchev–Trinajstić information content (AvgIpc) is 2.97. The summed E-state index contributed by atoms with van der Waals surface area (Å²) in [4.78, 5) is 28.1. The molecular weight excluding hydrogens is 318 g/mol. The second-order valence-electron chi connectivity index (χ2n) is 7.72. The number of rotatable bonds is 2. The molecule has 1 N–H and O–H groups in total. The van der Waals surface area contributed by atoms with Gasteiger partial charge in [-0.2, -0.15) is 5.26 Å². The number of aromatic nitrogens is 1. The predicted octanol–water partition coefficient (Wildman–Crippen LogP) is 2.45. The Morgan fingerprint density at radius 3 is 2.60 bits per heavy atom. The molecule has 0 bridgehead atoms. The number of nitrogens with zero attached hydrogens (tertiary/aromatic N) is 4. The van der Waals surface area contributed by atoms with Gasteiger partial charge in [0.1, 0.15) is 11.9 Å². The second kappa shape index (κ2) is 7.18. The molecule has 1 aliphatic heterocycles. The molecule has 1 aromatic heterocycles. The van der Waals surface area contributed by atoms with Gasteiger partial charge in [0.2, 0.25) is 5.91 Å². The van der Waals surface area contributed by atoms with Crippen molar-refractivity contribution in [3.63, 3.8) is 0 Å². The maximum atomic E-state index is 12.7. The number of nitrogens with one attached hydrogen (secondary N) is 1. The van der Waals surface area contributed by atoms with E-state index in [4.69, 9.17) is 5.26 Å². The molecule has 0 aromatic carbocycles. The highest BCUT2D eigenvalue weighted by Crippen LogP contribution is 2.25. The number of nitriles is 1. The summed E-state index contributed by atoms with van der Waals surface area (Å²) in [7, 11) is 3.43. The van der Waals surface area contributed by atoms with E-state index >= 15 is 0 Å². The first kappa shape index (κ1) is 18.8. The summed E-state index contributed by atoms with van der Waals surface area (Å²) in [6.07, 6.45) is 3.31. The van der Waals surface area contributed by atoms with Crippen LogP contribution in [0.2, 0.25) is 0 Å². The molecule has 1 aliphatic rings. The van der Waals surface area contributed by atoms with E-state index in [2.05, 4.69) is 11.4 Å². The van der Waals surface area contributed by atoms with Crippen LogP contribution < -0.4 is 5.32 Å². The van der Waals surface area contributed by atoms with E-state index in [-0.39, 0.29) is 23.4 Å². The number of piperidine rings is 1. The number of hydrogen-bond acceptors (Lipinski definition) is 3. The minimum Gasteiger partial charge on any atom is -0.331 e. The van der Waals surface area contributed by atoms with Crippen molar-refractivity contribution < 1.29 is 9.59 Å². The number of amides is 3. The Bertz CT molecular complexity index is 693. The Morgan fingerprint density at radius 1 is 1.36 bits per heavy atom. The van der Waals surface area contributed by atoms with Gasteiger partial charge in [-0.05, 0) is 39.7 Å². The first-order valence-electron chi connectivity index (χ1n) is 8.53. The molecule has 1 atom stereocenters. The maximum Gasteiger partial charge on any atom is 0.319 e. The molecule has 0 saturated carbocycles. The van der Waals surface area contributed by atoms with Crippen LogP contribution in [0.5, 0.6) is 0 Å². The fourth-order valence-electron chi connectivity index (χ4n) is 3.05. The fraction of sp³-hybridized carbons (Fsp3) is 0.611. The van der Waals surface area contributed by atoms with Gasteiger partial charge < -0.3 is 19.7 Å². The lowest BCUT2D eigenvalue weighted by Crippen LogP contribution is -2.47. The van der Waals surface area contributed by atoms with Crippen molar-refractivity contribution in [3.05, 3.63) is 17.8 Å². The number of anilines is 1. The molecule has 0 unspecified atom stereocenters. The fourth-order valence-corrected chi connectivity index (χ4v) is 3.05. The summed E-state index contributed by atoms with van der Waals surface area (Å²) in [6, 6.07) is 3.74. The quantitative estimate of drug-likeness (QED) is 0.894. The molecule has 3 amide bonds. The van der Waals surface area contributed by atoms with Crippen LogP contribution in [0.25, 0.3) is 0 Å². The van der Waals surface area contributed by atoms with Crippen LogP contribution in [-0.4, -0.2) is 53.5 Å². The van der Waals surface area contributed by atoms with E-state index in [0.717, 1.165) is 12.8 Å². The van der Waals surface area contributed by atoms with Gasteiger partial charge in [0.25, 0.3) is 0 Å². The second-order valence-corrected chi connectivity index (χ2v) is 7.72. The number of urea groups is 1. The van der Waals surface area contributed by atoms with Gasteiger partial charge in [0.15, 0.2) is 0 Å². The number of hydrogen-bond donors (Lipinski definition) is 1. The van der Waals surface area contributed by atoms with Crippen molar-refractivity contribution >= 4 is 17.8 Å². The third-order valence-corrected chi connectivity index (χ3v) is 4.37. The highest BCUT2D eigenvalue weighted by molar-refractivity contribution is 5.92. The smallest absolute Gasteiger partial charge is 0.319 e. The molecule has 2 heterocycles. The lowest BCUT2D eigenvalue weighted by Gasteiger charge is -2.34. The van der Waals surface area contributed by atoms with Gasteiger partial charge in [-0.25, -0.2) is 4.79 Å². The van der Waals surface area contributed by atoms with Gasteiger partial charge in [0, 0.05) is 38.9 Å². The number of likely N-dealkylation sites (tertiary alicyclic amines) is 1. The molecule has 136 valence electrons. The van der Waals surface area contributed by atoms with Gasteiger partial charge in [-0.15, -0.1) is 0 Å². The molecular formula is C18H27N5O2. The van der Waals surface area contributed by atoms with Crippen LogP contribution in [-0.2, 0) is 10.3 Å². The van der Waals surface area contributed by atoms with E-state index < -0.39 is 0 Å². The summed E-state index contributed by atoms with van der Waals surface area (Å²) in [6.45, 7) is 7.15. The zero-order valence-corrected chi connectivity index (χ0v) is 15.7. The summed E-state index contributed by atoms with van der Waals surface area (Å²) in [5.41, 5.74) is 0.260. The van der Waals surface area contributed by atoms with Crippen LogP contribution in [0.4, 0.5) is 10.6 Å². The minimum absolute atomic E-state index is 0.0673. The molecule has 7 nitrogen and oxygen atoms in total. The monoisotopic (exact) mass is 345 g/mol. The van der Waals surface area contributed by atoms with E-state index in [1.54, 1.807) is 31.3 Å². The molecule has 0 spiro atoms. The highest BCUT2D eigenvalue weighted by atomic mass is 16.2. The van der Waals surface area contributed by atoms with Crippen LogP contribution in [0.15, 0.2) is 12.3 Å². The van der Waals surface area contributed by atoms with Crippen molar-refractivity contribution in [2.75, 3.05) is 32.5 Å². The SMILES string of the molecule is CN(C)C(=O)N1CCC[C@@H](C(=O)Nc2cc(C#N)cn2C(C)(C)C)C1. The van der Waals surface area contributed by atoms with E-state index in [1.807, 2.05) is 25.3 Å². The number of carbonyl (C=O) groups excluding carboxylic acids is 2. The van der Waals surface area contributed by atoms with Crippen molar-refractivity contribution in [1.29, 1.82) is 5.26 Å².